The molecule has 0 amide bonds. The largest absolute Gasteiger partial charge is 0.442 e. The van der Waals surface area contributed by atoms with Gasteiger partial charge in [-0.25, -0.2) is 0 Å². The van der Waals surface area contributed by atoms with Gasteiger partial charge in [0, 0.05) is 27.2 Å². The molecular formula is C18H12Cl2F3N2O2+. The number of alkyl halides is 3. The maximum absolute atomic E-state index is 13.3. The van der Waals surface area contributed by atoms with Gasteiger partial charge >= 0.3 is 6.18 Å². The molecule has 27 heavy (non-hydrogen) atoms. The van der Waals surface area contributed by atoms with Crippen LogP contribution in [0.1, 0.15) is 0 Å². The van der Waals surface area contributed by atoms with Crippen molar-refractivity contribution in [2.75, 3.05) is 7.05 Å². The van der Waals surface area contributed by atoms with E-state index in [-0.39, 0.29) is 6.47 Å². The van der Waals surface area contributed by atoms with E-state index in [0.717, 1.165) is 6.20 Å². The third-order valence-electron chi connectivity index (χ3n) is 3.96. The summed E-state index contributed by atoms with van der Waals surface area (Å²) in [5, 5.41) is 4.58. The zero-order valence-corrected chi connectivity index (χ0v) is 15.3. The third-order valence-corrected chi connectivity index (χ3v) is 4.53. The molecule has 0 aliphatic carbocycles. The van der Waals surface area contributed by atoms with Crippen LogP contribution in [0.2, 0.25) is 10.0 Å². The van der Waals surface area contributed by atoms with Crippen molar-refractivity contribution >= 4 is 41.1 Å². The van der Waals surface area contributed by atoms with Crippen molar-refractivity contribution in [2.24, 2.45) is 5.10 Å². The first-order chi connectivity index (χ1) is 12.7. The molecule has 1 aliphatic rings. The summed E-state index contributed by atoms with van der Waals surface area (Å²) in [5.41, 5.74) is 0.208. The molecule has 0 radical (unpaired) electrons. The first kappa shape index (κ1) is 19.4. The maximum atomic E-state index is 13.3. The van der Waals surface area contributed by atoms with E-state index in [1.165, 1.54) is 7.05 Å². The van der Waals surface area contributed by atoms with Crippen LogP contribution in [-0.4, -0.2) is 25.4 Å². The van der Waals surface area contributed by atoms with Crippen LogP contribution in [0.25, 0.3) is 11.1 Å². The standard InChI is InChI=1S/C18H12Cl2F3N2O2/c1-25(9-16(27-10-26)17(24-25)18(21,22)23)15-5-3-2-4-12(15)13-8-11(19)6-7-14(13)20/h2-10H,1H3/q+1. The van der Waals surface area contributed by atoms with E-state index >= 15 is 0 Å². The number of ether oxygens (including phenoxy) is 1. The summed E-state index contributed by atoms with van der Waals surface area (Å²) in [6, 6.07) is 11.5. The molecule has 4 nitrogen and oxygen atoms in total. The predicted molar refractivity (Wildman–Crippen MR) is 98.3 cm³/mol. The summed E-state index contributed by atoms with van der Waals surface area (Å²) in [6.45, 7) is -0.0670. The van der Waals surface area contributed by atoms with Crippen LogP contribution in [0.3, 0.4) is 0 Å². The molecule has 1 unspecified atom stereocenters. The van der Waals surface area contributed by atoms with Crippen LogP contribution in [0.5, 0.6) is 0 Å². The molecule has 2 aromatic rings. The Balaban J connectivity index is 2.22. The molecular weight excluding hydrogens is 404 g/mol. The van der Waals surface area contributed by atoms with E-state index < -0.39 is 22.2 Å². The molecule has 2 aromatic carbocycles. The monoisotopic (exact) mass is 415 g/mol. The highest BCUT2D eigenvalue weighted by Gasteiger charge is 2.49. The molecule has 1 atom stereocenters. The van der Waals surface area contributed by atoms with Gasteiger partial charge in [-0.05, 0) is 24.3 Å². The van der Waals surface area contributed by atoms with Gasteiger partial charge in [-0.15, -0.1) is 4.59 Å². The number of benzene rings is 2. The Morgan fingerprint density at radius 1 is 1.11 bits per heavy atom. The van der Waals surface area contributed by atoms with Crippen molar-refractivity contribution in [3.8, 4) is 11.1 Å². The van der Waals surface area contributed by atoms with Crippen LogP contribution in [0.15, 0.2) is 59.5 Å². The zero-order valence-electron chi connectivity index (χ0n) is 13.8. The van der Waals surface area contributed by atoms with Gasteiger partial charge in [0.25, 0.3) is 6.47 Å². The second-order valence-corrected chi connectivity index (χ2v) is 6.67. The molecule has 0 N–H and O–H groups in total. The van der Waals surface area contributed by atoms with Crippen molar-refractivity contribution in [1.82, 2.24) is 4.59 Å². The van der Waals surface area contributed by atoms with Crippen LogP contribution >= 0.6 is 23.2 Å². The Morgan fingerprint density at radius 2 is 1.81 bits per heavy atom. The summed E-state index contributed by atoms with van der Waals surface area (Å²) < 4.78 is 43.9. The Kier molecular flexibility index (Phi) is 5.03. The SMILES string of the molecule is C[N+]1(c2ccccc2-c2cc(Cl)ccc2Cl)C=C(OC=O)C(C(F)(F)F)=N1. The van der Waals surface area contributed by atoms with Gasteiger partial charge in [-0.2, -0.15) is 13.2 Å². The lowest BCUT2D eigenvalue weighted by atomic mass is 10.0. The summed E-state index contributed by atoms with van der Waals surface area (Å²) in [6.07, 6.45) is -3.68. The van der Waals surface area contributed by atoms with Crippen LogP contribution in [-0.2, 0) is 9.53 Å². The van der Waals surface area contributed by atoms with Gasteiger partial charge in [0.2, 0.25) is 11.5 Å². The molecule has 0 saturated heterocycles. The first-order valence-electron chi connectivity index (χ1n) is 7.58. The summed E-state index contributed by atoms with van der Waals surface area (Å²) in [4.78, 5) is 10.6. The van der Waals surface area contributed by atoms with E-state index in [1.54, 1.807) is 42.5 Å². The number of halogens is 5. The molecule has 1 heterocycles. The highest BCUT2D eigenvalue weighted by Crippen LogP contribution is 2.42. The van der Waals surface area contributed by atoms with Gasteiger partial charge < -0.3 is 4.74 Å². The number of rotatable bonds is 4. The van der Waals surface area contributed by atoms with E-state index in [2.05, 4.69) is 9.84 Å². The fourth-order valence-electron chi connectivity index (χ4n) is 2.83. The number of hydrogen-bond acceptors (Lipinski definition) is 3. The van der Waals surface area contributed by atoms with E-state index in [1.807, 2.05) is 0 Å². The number of carbonyl (C=O) groups excluding carboxylic acids is 1. The molecule has 9 heteroatoms. The van der Waals surface area contributed by atoms with Crippen molar-refractivity contribution in [3.63, 3.8) is 0 Å². The number of quaternary nitrogens is 1. The smallest absolute Gasteiger partial charge is 0.420 e. The first-order valence-corrected chi connectivity index (χ1v) is 8.33. The van der Waals surface area contributed by atoms with E-state index in [0.29, 0.717) is 26.9 Å². The lowest BCUT2D eigenvalue weighted by Crippen LogP contribution is -2.32. The average molecular weight is 416 g/mol. The maximum Gasteiger partial charge on any atom is 0.442 e. The number of allylic oxidation sites excluding steroid dienone is 1. The summed E-state index contributed by atoms with van der Waals surface area (Å²) >= 11 is 12.3. The summed E-state index contributed by atoms with van der Waals surface area (Å²) in [5.74, 6) is -0.660. The zero-order chi connectivity index (χ0) is 19.8. The van der Waals surface area contributed by atoms with Gasteiger partial charge in [-0.1, -0.05) is 40.4 Å². The Morgan fingerprint density at radius 3 is 2.48 bits per heavy atom. The molecule has 1 aliphatic heterocycles. The van der Waals surface area contributed by atoms with E-state index in [4.69, 9.17) is 23.2 Å². The fourth-order valence-corrected chi connectivity index (χ4v) is 3.22. The normalized spacial score (nSPS) is 19.5. The number of nitrogens with zero attached hydrogens (tertiary/aromatic N) is 2. The molecule has 0 saturated carbocycles. The minimum atomic E-state index is -4.78. The third kappa shape index (κ3) is 3.71. The van der Waals surface area contributed by atoms with Gasteiger partial charge in [0.1, 0.15) is 7.05 Å². The van der Waals surface area contributed by atoms with Gasteiger partial charge in [0.05, 0.1) is 0 Å². The van der Waals surface area contributed by atoms with Crippen molar-refractivity contribution in [1.29, 1.82) is 0 Å². The minimum absolute atomic E-state index is 0.0670. The van der Waals surface area contributed by atoms with Crippen molar-refractivity contribution < 1.29 is 22.7 Å². The fraction of sp³-hybridized carbons (Fsp3) is 0.111. The molecule has 3 rings (SSSR count). The number of para-hydroxylation sites is 1. The van der Waals surface area contributed by atoms with Crippen molar-refractivity contribution in [2.45, 2.75) is 6.18 Å². The Hall–Kier alpha value is -2.35. The summed E-state index contributed by atoms with van der Waals surface area (Å²) in [7, 11) is 1.43. The van der Waals surface area contributed by atoms with Crippen LogP contribution in [0, 0.1) is 0 Å². The predicted octanol–water partition coefficient (Wildman–Crippen LogP) is 5.54. The Labute approximate surface area is 162 Å². The highest BCUT2D eigenvalue weighted by atomic mass is 35.5. The lowest BCUT2D eigenvalue weighted by Gasteiger charge is -2.23. The van der Waals surface area contributed by atoms with Crippen molar-refractivity contribution in [3.05, 3.63) is 64.5 Å². The molecule has 140 valence electrons. The average Bonchev–Trinajstić information content (AvgIpc) is 2.96. The number of carbonyl (C=O) groups is 1. The second-order valence-electron chi connectivity index (χ2n) is 5.82. The van der Waals surface area contributed by atoms with Gasteiger partial charge in [-0.3, -0.25) is 4.79 Å². The molecule has 0 aromatic heterocycles. The molecule has 0 spiro atoms. The quantitative estimate of drug-likeness (QED) is 0.485. The molecule has 0 bridgehead atoms. The van der Waals surface area contributed by atoms with E-state index in [9.17, 15) is 18.0 Å². The second kappa shape index (κ2) is 6.99. The van der Waals surface area contributed by atoms with Crippen LogP contribution < -0.4 is 4.59 Å². The highest BCUT2D eigenvalue weighted by molar-refractivity contribution is 6.35. The topological polar surface area (TPSA) is 38.7 Å². The minimum Gasteiger partial charge on any atom is -0.420 e. The number of hydrogen-bond donors (Lipinski definition) is 0. The Bertz CT molecular complexity index is 973. The molecule has 0 fully saturated rings. The van der Waals surface area contributed by atoms with Crippen LogP contribution in [0.4, 0.5) is 18.9 Å². The van der Waals surface area contributed by atoms with Gasteiger partial charge in [0.15, 0.2) is 11.9 Å². The lowest BCUT2D eigenvalue weighted by molar-refractivity contribution is -0.124.